The first-order valence-electron chi connectivity index (χ1n) is 6.18. The Kier molecular flexibility index (Phi) is 5.34. The standard InChI is InChI=1S/C13H26N2/c1-11(2)8-13-10-15(9-12(3)4)7-5-6-14-13/h11,13-14H,3,5-10H2,1-2,4H3. The second kappa shape index (κ2) is 6.29. The van der Waals surface area contributed by atoms with Crippen LogP contribution in [-0.4, -0.2) is 37.1 Å². The Morgan fingerprint density at radius 3 is 2.87 bits per heavy atom. The van der Waals surface area contributed by atoms with Crippen LogP contribution in [0.4, 0.5) is 0 Å². The van der Waals surface area contributed by atoms with Crippen LogP contribution in [0.1, 0.15) is 33.6 Å². The Balaban J connectivity index is 2.41. The molecule has 1 heterocycles. The summed E-state index contributed by atoms with van der Waals surface area (Å²) in [6.07, 6.45) is 2.55. The lowest BCUT2D eigenvalue weighted by molar-refractivity contribution is 0.273. The Morgan fingerprint density at radius 1 is 1.53 bits per heavy atom. The first-order valence-corrected chi connectivity index (χ1v) is 6.18. The van der Waals surface area contributed by atoms with Gasteiger partial charge in [-0.1, -0.05) is 26.0 Å². The van der Waals surface area contributed by atoms with Crippen molar-refractivity contribution >= 4 is 0 Å². The van der Waals surface area contributed by atoms with Crippen molar-refractivity contribution in [3.63, 3.8) is 0 Å². The molecule has 2 nitrogen and oxygen atoms in total. The fraction of sp³-hybridized carbons (Fsp3) is 0.846. The van der Waals surface area contributed by atoms with Crippen LogP contribution in [0.3, 0.4) is 0 Å². The summed E-state index contributed by atoms with van der Waals surface area (Å²) in [5, 5.41) is 3.64. The van der Waals surface area contributed by atoms with Crippen molar-refractivity contribution < 1.29 is 0 Å². The minimum absolute atomic E-state index is 0.673. The van der Waals surface area contributed by atoms with E-state index in [9.17, 15) is 0 Å². The van der Waals surface area contributed by atoms with Gasteiger partial charge in [-0.2, -0.15) is 0 Å². The number of rotatable bonds is 4. The monoisotopic (exact) mass is 210 g/mol. The molecule has 1 aliphatic heterocycles. The molecule has 0 aromatic heterocycles. The Labute approximate surface area is 94.7 Å². The topological polar surface area (TPSA) is 15.3 Å². The zero-order valence-electron chi connectivity index (χ0n) is 10.6. The van der Waals surface area contributed by atoms with E-state index < -0.39 is 0 Å². The summed E-state index contributed by atoms with van der Waals surface area (Å²) < 4.78 is 0. The molecule has 2 heteroatoms. The van der Waals surface area contributed by atoms with Gasteiger partial charge in [0.2, 0.25) is 0 Å². The van der Waals surface area contributed by atoms with Crippen LogP contribution in [0, 0.1) is 5.92 Å². The van der Waals surface area contributed by atoms with Crippen LogP contribution in [0.15, 0.2) is 12.2 Å². The molecule has 0 amide bonds. The van der Waals surface area contributed by atoms with Crippen LogP contribution < -0.4 is 5.32 Å². The number of hydrogen-bond acceptors (Lipinski definition) is 2. The molecule has 1 aliphatic rings. The van der Waals surface area contributed by atoms with E-state index in [4.69, 9.17) is 0 Å². The quantitative estimate of drug-likeness (QED) is 0.716. The minimum atomic E-state index is 0.673. The maximum Gasteiger partial charge on any atom is 0.0197 e. The molecule has 0 aliphatic carbocycles. The maximum atomic E-state index is 4.00. The van der Waals surface area contributed by atoms with Gasteiger partial charge >= 0.3 is 0 Å². The van der Waals surface area contributed by atoms with Crippen LogP contribution in [0.2, 0.25) is 0 Å². The molecule has 1 unspecified atom stereocenters. The zero-order chi connectivity index (χ0) is 11.3. The summed E-state index contributed by atoms with van der Waals surface area (Å²) in [7, 11) is 0. The van der Waals surface area contributed by atoms with Gasteiger partial charge in [-0.3, -0.25) is 4.90 Å². The largest absolute Gasteiger partial charge is 0.313 e. The third-order valence-electron chi connectivity index (χ3n) is 2.81. The van der Waals surface area contributed by atoms with Gasteiger partial charge in [-0.15, -0.1) is 0 Å². The van der Waals surface area contributed by atoms with Gasteiger partial charge < -0.3 is 5.32 Å². The first kappa shape index (κ1) is 12.7. The Bertz CT molecular complexity index is 199. The van der Waals surface area contributed by atoms with E-state index in [-0.39, 0.29) is 0 Å². The van der Waals surface area contributed by atoms with Crippen molar-refractivity contribution in [2.45, 2.75) is 39.7 Å². The van der Waals surface area contributed by atoms with Crippen molar-refractivity contribution in [1.29, 1.82) is 0 Å². The number of nitrogens with one attached hydrogen (secondary N) is 1. The van der Waals surface area contributed by atoms with Gasteiger partial charge in [0.15, 0.2) is 0 Å². The second-order valence-corrected chi connectivity index (χ2v) is 5.33. The Morgan fingerprint density at radius 2 is 2.27 bits per heavy atom. The average molecular weight is 210 g/mol. The highest BCUT2D eigenvalue weighted by Crippen LogP contribution is 2.10. The van der Waals surface area contributed by atoms with Crippen molar-refractivity contribution in [2.24, 2.45) is 5.92 Å². The van der Waals surface area contributed by atoms with Gasteiger partial charge in [0.1, 0.15) is 0 Å². The van der Waals surface area contributed by atoms with Crippen LogP contribution in [0.25, 0.3) is 0 Å². The summed E-state index contributed by atoms with van der Waals surface area (Å²) in [6.45, 7) is 15.4. The lowest BCUT2D eigenvalue weighted by atomic mass is 10.0. The molecule has 1 atom stereocenters. The molecular formula is C13H26N2. The Hall–Kier alpha value is -0.340. The molecule has 88 valence electrons. The predicted molar refractivity (Wildman–Crippen MR) is 67.1 cm³/mol. The molecule has 15 heavy (non-hydrogen) atoms. The molecular weight excluding hydrogens is 184 g/mol. The SMILES string of the molecule is C=C(C)CN1CCCNC(CC(C)C)C1. The molecule has 0 aromatic rings. The second-order valence-electron chi connectivity index (χ2n) is 5.33. The summed E-state index contributed by atoms with van der Waals surface area (Å²) in [6, 6.07) is 0.673. The van der Waals surface area contributed by atoms with Crippen molar-refractivity contribution in [1.82, 2.24) is 10.2 Å². The molecule has 1 fully saturated rings. The predicted octanol–water partition coefficient (Wildman–Crippen LogP) is 2.27. The van der Waals surface area contributed by atoms with E-state index >= 15 is 0 Å². The average Bonchev–Trinajstić information content (AvgIpc) is 2.28. The number of nitrogens with zero attached hydrogens (tertiary/aromatic N) is 1. The molecule has 0 saturated carbocycles. The van der Waals surface area contributed by atoms with E-state index in [0.717, 1.165) is 12.5 Å². The van der Waals surface area contributed by atoms with Gasteiger partial charge in [0.25, 0.3) is 0 Å². The fourth-order valence-electron chi connectivity index (χ4n) is 2.33. The first-order chi connectivity index (χ1) is 7.08. The highest BCUT2D eigenvalue weighted by Gasteiger charge is 2.17. The molecule has 0 aromatic carbocycles. The van der Waals surface area contributed by atoms with E-state index in [0.29, 0.717) is 6.04 Å². The van der Waals surface area contributed by atoms with Gasteiger partial charge in [-0.25, -0.2) is 0 Å². The lowest BCUT2D eigenvalue weighted by Gasteiger charge is -2.25. The maximum absolute atomic E-state index is 4.00. The molecule has 0 bridgehead atoms. The van der Waals surface area contributed by atoms with E-state index in [1.54, 1.807) is 0 Å². The molecule has 0 radical (unpaired) electrons. The molecule has 0 spiro atoms. The van der Waals surface area contributed by atoms with Crippen molar-refractivity contribution in [3.05, 3.63) is 12.2 Å². The van der Waals surface area contributed by atoms with Crippen LogP contribution in [0.5, 0.6) is 0 Å². The molecule has 1 N–H and O–H groups in total. The smallest absolute Gasteiger partial charge is 0.0197 e. The summed E-state index contributed by atoms with van der Waals surface area (Å²) in [5.41, 5.74) is 1.28. The van der Waals surface area contributed by atoms with E-state index in [2.05, 4.69) is 37.6 Å². The molecule has 1 rings (SSSR count). The lowest BCUT2D eigenvalue weighted by Crippen LogP contribution is -2.39. The van der Waals surface area contributed by atoms with Gasteiger partial charge in [-0.05, 0) is 38.8 Å². The fourth-order valence-corrected chi connectivity index (χ4v) is 2.33. The normalized spacial score (nSPS) is 24.1. The third kappa shape index (κ3) is 5.33. The van der Waals surface area contributed by atoms with Crippen molar-refractivity contribution in [2.75, 3.05) is 26.2 Å². The van der Waals surface area contributed by atoms with E-state index in [1.807, 2.05) is 0 Å². The summed E-state index contributed by atoms with van der Waals surface area (Å²) in [4.78, 5) is 2.54. The number of hydrogen-bond donors (Lipinski definition) is 1. The van der Waals surface area contributed by atoms with Gasteiger partial charge in [0.05, 0.1) is 0 Å². The van der Waals surface area contributed by atoms with E-state index in [1.165, 1.54) is 38.0 Å². The van der Waals surface area contributed by atoms with Crippen molar-refractivity contribution in [3.8, 4) is 0 Å². The summed E-state index contributed by atoms with van der Waals surface area (Å²) in [5.74, 6) is 0.785. The summed E-state index contributed by atoms with van der Waals surface area (Å²) >= 11 is 0. The minimum Gasteiger partial charge on any atom is -0.313 e. The third-order valence-corrected chi connectivity index (χ3v) is 2.81. The molecule has 1 saturated heterocycles. The zero-order valence-corrected chi connectivity index (χ0v) is 10.6. The van der Waals surface area contributed by atoms with Gasteiger partial charge in [0, 0.05) is 19.1 Å². The highest BCUT2D eigenvalue weighted by atomic mass is 15.2. The van der Waals surface area contributed by atoms with Crippen LogP contribution >= 0.6 is 0 Å². The van der Waals surface area contributed by atoms with Crippen LogP contribution in [-0.2, 0) is 0 Å². The highest BCUT2D eigenvalue weighted by molar-refractivity contribution is 4.93.